The fraction of sp³-hybridized carbons (Fsp3) is 0.200. The van der Waals surface area contributed by atoms with E-state index in [-0.39, 0.29) is 11.8 Å². The van der Waals surface area contributed by atoms with E-state index < -0.39 is 10.0 Å². The van der Waals surface area contributed by atoms with Gasteiger partial charge in [-0.15, -0.1) is 0 Å². The molecular formula is C30H29NO2S. The van der Waals surface area contributed by atoms with Crippen LogP contribution in [0.3, 0.4) is 0 Å². The highest BCUT2D eigenvalue weighted by Crippen LogP contribution is 2.42. The molecule has 2 atom stereocenters. The molecule has 1 heterocycles. The highest BCUT2D eigenvalue weighted by Gasteiger charge is 2.37. The zero-order valence-corrected chi connectivity index (χ0v) is 20.2. The van der Waals surface area contributed by atoms with Crippen molar-refractivity contribution in [3.63, 3.8) is 0 Å². The van der Waals surface area contributed by atoms with Gasteiger partial charge in [0.1, 0.15) is 0 Å². The first-order valence-electron chi connectivity index (χ1n) is 11.8. The molecule has 1 aliphatic rings. The van der Waals surface area contributed by atoms with Crippen LogP contribution in [0.5, 0.6) is 0 Å². The zero-order chi connectivity index (χ0) is 23.5. The molecule has 0 bridgehead atoms. The van der Waals surface area contributed by atoms with Crippen LogP contribution in [-0.4, -0.2) is 25.8 Å². The van der Waals surface area contributed by atoms with E-state index in [1.807, 2.05) is 12.1 Å². The standard InChI is InChI=1S/C30H29NO2S/c1-23-10-8-13-25(20-23)26-14-9-15-27(21-26)30-22-31(34(32,33)28-16-6-3-7-17-28)19-18-29(30)24-11-4-2-5-12-24/h2-17,20-21,29-30H,18-19,22H2,1H3/t29-,30-/m1/s1. The fourth-order valence-corrected chi connectivity index (χ4v) is 6.59. The molecule has 4 aromatic rings. The van der Waals surface area contributed by atoms with Gasteiger partial charge in [0.15, 0.2) is 0 Å². The second-order valence-corrected chi connectivity index (χ2v) is 11.0. The zero-order valence-electron chi connectivity index (χ0n) is 19.3. The van der Waals surface area contributed by atoms with E-state index in [2.05, 4.69) is 79.7 Å². The van der Waals surface area contributed by atoms with Gasteiger partial charge in [0.05, 0.1) is 4.90 Å². The Morgan fingerprint density at radius 3 is 2.00 bits per heavy atom. The van der Waals surface area contributed by atoms with Crippen molar-refractivity contribution in [2.24, 2.45) is 0 Å². The van der Waals surface area contributed by atoms with Crippen molar-refractivity contribution in [1.82, 2.24) is 4.31 Å². The predicted molar refractivity (Wildman–Crippen MR) is 138 cm³/mol. The van der Waals surface area contributed by atoms with E-state index in [1.54, 1.807) is 28.6 Å². The van der Waals surface area contributed by atoms with E-state index in [0.717, 1.165) is 12.0 Å². The Morgan fingerprint density at radius 2 is 1.29 bits per heavy atom. The average molecular weight is 468 g/mol. The van der Waals surface area contributed by atoms with Crippen LogP contribution in [0.4, 0.5) is 0 Å². The Morgan fingerprint density at radius 1 is 0.676 bits per heavy atom. The van der Waals surface area contributed by atoms with E-state index in [1.165, 1.54) is 22.3 Å². The summed E-state index contributed by atoms with van der Waals surface area (Å²) in [4.78, 5) is 0.362. The fourth-order valence-electron chi connectivity index (χ4n) is 5.09. The maximum Gasteiger partial charge on any atom is 0.243 e. The van der Waals surface area contributed by atoms with E-state index in [9.17, 15) is 8.42 Å². The summed E-state index contributed by atoms with van der Waals surface area (Å²) in [5, 5.41) is 0. The molecule has 3 nitrogen and oxygen atoms in total. The maximum atomic E-state index is 13.5. The molecule has 0 saturated carbocycles. The quantitative estimate of drug-likeness (QED) is 0.331. The molecule has 0 amide bonds. The minimum atomic E-state index is -3.54. The molecule has 1 fully saturated rings. The second kappa shape index (κ2) is 9.57. The smallest absolute Gasteiger partial charge is 0.207 e. The largest absolute Gasteiger partial charge is 0.243 e. The lowest BCUT2D eigenvalue weighted by molar-refractivity contribution is 0.285. The van der Waals surface area contributed by atoms with Crippen molar-refractivity contribution >= 4 is 10.0 Å². The average Bonchev–Trinajstić information content (AvgIpc) is 2.89. The van der Waals surface area contributed by atoms with Crippen molar-refractivity contribution in [2.75, 3.05) is 13.1 Å². The van der Waals surface area contributed by atoms with Gasteiger partial charge in [-0.05, 0) is 53.6 Å². The van der Waals surface area contributed by atoms with Gasteiger partial charge in [-0.2, -0.15) is 4.31 Å². The van der Waals surface area contributed by atoms with Crippen molar-refractivity contribution < 1.29 is 8.42 Å². The van der Waals surface area contributed by atoms with Gasteiger partial charge in [-0.1, -0.05) is 103 Å². The number of piperidine rings is 1. The predicted octanol–water partition coefficient (Wildman–Crippen LogP) is 6.62. The molecule has 0 N–H and O–H groups in total. The molecule has 34 heavy (non-hydrogen) atoms. The van der Waals surface area contributed by atoms with Crippen LogP contribution < -0.4 is 0 Å². The third kappa shape index (κ3) is 4.56. The molecule has 5 rings (SSSR count). The highest BCUT2D eigenvalue weighted by atomic mass is 32.2. The Balaban J connectivity index is 1.54. The van der Waals surface area contributed by atoms with Gasteiger partial charge < -0.3 is 0 Å². The third-order valence-corrected chi connectivity index (χ3v) is 8.73. The molecule has 0 unspecified atom stereocenters. The van der Waals surface area contributed by atoms with Crippen LogP contribution in [0.15, 0.2) is 114 Å². The van der Waals surface area contributed by atoms with Gasteiger partial charge in [0, 0.05) is 19.0 Å². The van der Waals surface area contributed by atoms with Crippen LogP contribution in [-0.2, 0) is 10.0 Å². The maximum absolute atomic E-state index is 13.5. The minimum absolute atomic E-state index is 0.0689. The molecule has 0 radical (unpaired) electrons. The van der Waals surface area contributed by atoms with Crippen LogP contribution in [0.25, 0.3) is 11.1 Å². The number of aryl methyl sites for hydroxylation is 1. The SMILES string of the molecule is Cc1cccc(-c2cccc([C@H]3CN(S(=O)(=O)c4ccccc4)CC[C@@H]3c3ccccc3)c2)c1. The Bertz CT molecular complexity index is 1370. The van der Waals surface area contributed by atoms with Gasteiger partial charge in [-0.3, -0.25) is 0 Å². The number of benzene rings is 4. The number of hydrogen-bond donors (Lipinski definition) is 0. The van der Waals surface area contributed by atoms with Gasteiger partial charge in [-0.25, -0.2) is 8.42 Å². The van der Waals surface area contributed by atoms with Crippen molar-refractivity contribution in [3.8, 4) is 11.1 Å². The topological polar surface area (TPSA) is 37.4 Å². The molecule has 4 heteroatoms. The first kappa shape index (κ1) is 22.6. The molecule has 1 saturated heterocycles. The van der Waals surface area contributed by atoms with E-state index >= 15 is 0 Å². The summed E-state index contributed by atoms with van der Waals surface area (Å²) in [6.07, 6.45) is 0.787. The Labute approximate surface area is 202 Å². The van der Waals surface area contributed by atoms with Crippen LogP contribution in [0.1, 0.15) is 34.9 Å². The number of hydrogen-bond acceptors (Lipinski definition) is 2. The van der Waals surface area contributed by atoms with E-state index in [0.29, 0.717) is 18.0 Å². The molecule has 1 aliphatic heterocycles. The van der Waals surface area contributed by atoms with Crippen LogP contribution in [0.2, 0.25) is 0 Å². The molecule has 172 valence electrons. The summed E-state index contributed by atoms with van der Waals surface area (Å²) >= 11 is 0. The van der Waals surface area contributed by atoms with Gasteiger partial charge in [0.25, 0.3) is 0 Å². The monoisotopic (exact) mass is 467 g/mol. The van der Waals surface area contributed by atoms with Gasteiger partial charge >= 0.3 is 0 Å². The summed E-state index contributed by atoms with van der Waals surface area (Å²) in [5.41, 5.74) is 6.02. The Kier molecular flexibility index (Phi) is 6.36. The van der Waals surface area contributed by atoms with Crippen LogP contribution in [0, 0.1) is 6.92 Å². The summed E-state index contributed by atoms with van der Waals surface area (Å²) in [5.74, 6) is 0.329. The lowest BCUT2D eigenvalue weighted by atomic mass is 9.77. The normalized spacial score (nSPS) is 19.1. The van der Waals surface area contributed by atoms with Crippen molar-refractivity contribution in [1.29, 1.82) is 0 Å². The summed E-state index contributed by atoms with van der Waals surface area (Å²) in [6, 6.07) is 36.4. The highest BCUT2D eigenvalue weighted by molar-refractivity contribution is 7.89. The van der Waals surface area contributed by atoms with Gasteiger partial charge in [0.2, 0.25) is 10.0 Å². The van der Waals surface area contributed by atoms with Crippen molar-refractivity contribution in [3.05, 3.63) is 126 Å². The second-order valence-electron chi connectivity index (χ2n) is 9.08. The number of sulfonamides is 1. The lowest BCUT2D eigenvalue weighted by Gasteiger charge is -2.38. The molecule has 0 spiro atoms. The first-order chi connectivity index (χ1) is 16.5. The summed E-state index contributed by atoms with van der Waals surface area (Å²) in [7, 11) is -3.54. The van der Waals surface area contributed by atoms with Crippen LogP contribution >= 0.6 is 0 Å². The van der Waals surface area contributed by atoms with Crippen molar-refractivity contribution in [2.45, 2.75) is 30.1 Å². The molecule has 4 aromatic carbocycles. The molecule has 0 aromatic heterocycles. The molecule has 0 aliphatic carbocycles. The first-order valence-corrected chi connectivity index (χ1v) is 13.2. The van der Waals surface area contributed by atoms with E-state index in [4.69, 9.17) is 0 Å². The third-order valence-electron chi connectivity index (χ3n) is 6.85. The summed E-state index contributed by atoms with van der Waals surface area (Å²) < 4.78 is 28.6. The lowest BCUT2D eigenvalue weighted by Crippen LogP contribution is -2.42. The molecular weight excluding hydrogens is 438 g/mol. The summed E-state index contributed by atoms with van der Waals surface area (Å²) in [6.45, 7) is 3.09. The number of nitrogens with zero attached hydrogens (tertiary/aromatic N) is 1. The number of rotatable bonds is 5. The minimum Gasteiger partial charge on any atom is -0.207 e. The Hall–Kier alpha value is -3.21.